The molecule has 0 radical (unpaired) electrons. The van der Waals surface area contributed by atoms with Crippen LogP contribution in [-0.4, -0.2) is 62.1 Å². The highest BCUT2D eigenvalue weighted by molar-refractivity contribution is 5.79. The number of rotatable bonds is 10. The third kappa shape index (κ3) is 8.50. The summed E-state index contributed by atoms with van der Waals surface area (Å²) in [4.78, 5) is 39.8. The van der Waals surface area contributed by atoms with Crippen molar-refractivity contribution in [1.82, 2.24) is 4.90 Å². The maximum atomic E-state index is 13.6. The van der Waals surface area contributed by atoms with E-state index in [0.717, 1.165) is 17.6 Å². The zero-order valence-electron chi connectivity index (χ0n) is 28.3. The van der Waals surface area contributed by atoms with Gasteiger partial charge in [-0.25, -0.2) is 4.79 Å². The van der Waals surface area contributed by atoms with Crippen LogP contribution in [0.25, 0.3) is 5.57 Å². The summed E-state index contributed by atoms with van der Waals surface area (Å²) in [7, 11) is 3.24. The number of anilines is 1. The van der Waals surface area contributed by atoms with E-state index in [1.165, 1.54) is 32.8 Å². The number of hydrogen-bond donors (Lipinski definition) is 0. The van der Waals surface area contributed by atoms with Gasteiger partial charge in [0, 0.05) is 31.8 Å². The Kier molecular flexibility index (Phi) is 10.4. The number of alkyl halides is 6. The number of methoxy groups -OCH3 is 1. The molecule has 1 fully saturated rings. The van der Waals surface area contributed by atoms with Gasteiger partial charge in [-0.1, -0.05) is 13.8 Å². The zero-order chi connectivity index (χ0) is 36.7. The number of ether oxygens (including phenoxy) is 3. The Labute approximate surface area is 281 Å². The fourth-order valence-electron chi connectivity index (χ4n) is 6.55. The van der Waals surface area contributed by atoms with Crippen molar-refractivity contribution in [2.45, 2.75) is 84.0 Å². The minimum Gasteiger partial charge on any atom is -0.496 e. The second kappa shape index (κ2) is 13.6. The van der Waals surface area contributed by atoms with Crippen LogP contribution in [0, 0.1) is 5.41 Å². The molecule has 0 spiro atoms. The third-order valence-electron chi connectivity index (χ3n) is 8.99. The smallest absolute Gasteiger partial charge is 0.416 e. The minimum atomic E-state index is -5.05. The molecule has 1 aliphatic heterocycles. The quantitative estimate of drug-likeness (QED) is 0.140. The Morgan fingerprint density at radius 2 is 1.69 bits per heavy atom. The number of allylic oxidation sites excluding steroid dienone is 1. The molecule has 1 heterocycles. The van der Waals surface area contributed by atoms with E-state index >= 15 is 0 Å². The number of carbonyl (C=O) groups excluding carboxylic acids is 3. The summed E-state index contributed by atoms with van der Waals surface area (Å²) in [5.41, 5.74) is -1.91. The van der Waals surface area contributed by atoms with Gasteiger partial charge in [-0.3, -0.25) is 14.5 Å². The molecule has 268 valence electrons. The third-order valence-corrected chi connectivity index (χ3v) is 8.99. The van der Waals surface area contributed by atoms with Gasteiger partial charge < -0.3 is 19.1 Å². The van der Waals surface area contributed by atoms with Crippen molar-refractivity contribution in [3.63, 3.8) is 0 Å². The van der Waals surface area contributed by atoms with E-state index in [0.29, 0.717) is 48.3 Å². The van der Waals surface area contributed by atoms with Crippen molar-refractivity contribution in [3.8, 4) is 5.75 Å². The van der Waals surface area contributed by atoms with E-state index in [-0.39, 0.29) is 24.6 Å². The number of likely N-dealkylation sites (N-methyl/N-ethyl adjacent to an activating group) is 1. The van der Waals surface area contributed by atoms with Crippen LogP contribution in [-0.2, 0) is 31.4 Å². The van der Waals surface area contributed by atoms with Crippen molar-refractivity contribution in [1.29, 1.82) is 0 Å². The number of aldehydes is 1. The molecular weight excluding hydrogens is 658 g/mol. The van der Waals surface area contributed by atoms with E-state index in [1.54, 1.807) is 24.1 Å². The fourth-order valence-corrected chi connectivity index (χ4v) is 6.55. The van der Waals surface area contributed by atoms with Crippen LogP contribution in [0.2, 0.25) is 0 Å². The number of cyclic esters (lactones) is 1. The average Bonchev–Trinajstić information content (AvgIpc) is 3.27. The maximum Gasteiger partial charge on any atom is 0.416 e. The van der Waals surface area contributed by atoms with Gasteiger partial charge in [0.25, 0.3) is 0 Å². The molecule has 1 aliphatic carbocycles. The first-order valence-electron chi connectivity index (χ1n) is 15.6. The first kappa shape index (κ1) is 37.6. The largest absolute Gasteiger partial charge is 0.496 e. The summed E-state index contributed by atoms with van der Waals surface area (Å²) in [5, 5.41) is 0. The van der Waals surface area contributed by atoms with Crippen molar-refractivity contribution in [2.24, 2.45) is 5.41 Å². The molecule has 1 amide bonds. The summed E-state index contributed by atoms with van der Waals surface area (Å²) in [6.07, 6.45) is -9.90. The summed E-state index contributed by atoms with van der Waals surface area (Å²) in [6.45, 7) is 8.43. The standard InChI is InChI=1S/C35H40F6N2O6/c1-20-30(22-12-24(34(36,37)38)14-25(13-22)35(39,40)41)48-31(46)43(20)17-23-16-32(3,4)11-10-27(23)28-15-26(8-9-29(28)47-7)42(6)18-33(5,19-44)49-21(2)45/h8-9,12-15,19-20,30H,10-11,16-18H2,1-7H3/t20-,30-,33?/m0/s1. The molecule has 0 aromatic heterocycles. The topological polar surface area (TPSA) is 85.4 Å². The van der Waals surface area contributed by atoms with Crippen molar-refractivity contribution in [3.05, 3.63) is 64.2 Å². The highest BCUT2D eigenvalue weighted by Gasteiger charge is 2.44. The van der Waals surface area contributed by atoms with Crippen LogP contribution in [0.4, 0.5) is 36.8 Å². The number of carbonyl (C=O) groups is 3. The first-order chi connectivity index (χ1) is 22.6. The van der Waals surface area contributed by atoms with Crippen LogP contribution in [0.3, 0.4) is 0 Å². The lowest BCUT2D eigenvalue weighted by atomic mass is 9.72. The van der Waals surface area contributed by atoms with E-state index in [1.807, 2.05) is 6.07 Å². The van der Waals surface area contributed by atoms with Crippen molar-refractivity contribution >= 4 is 29.6 Å². The van der Waals surface area contributed by atoms with E-state index in [2.05, 4.69) is 13.8 Å². The van der Waals surface area contributed by atoms with Crippen LogP contribution >= 0.6 is 0 Å². The first-order valence-corrected chi connectivity index (χ1v) is 15.6. The molecule has 8 nitrogen and oxygen atoms in total. The number of hydrogen-bond acceptors (Lipinski definition) is 7. The molecule has 49 heavy (non-hydrogen) atoms. The predicted molar refractivity (Wildman–Crippen MR) is 169 cm³/mol. The number of amides is 1. The van der Waals surface area contributed by atoms with Gasteiger partial charge in [-0.05, 0) is 91.6 Å². The van der Waals surface area contributed by atoms with Crippen molar-refractivity contribution in [2.75, 3.05) is 32.1 Å². The number of halogens is 6. The van der Waals surface area contributed by atoms with E-state index in [4.69, 9.17) is 14.2 Å². The lowest BCUT2D eigenvalue weighted by Crippen LogP contribution is -2.44. The van der Waals surface area contributed by atoms with Crippen LogP contribution < -0.4 is 9.64 Å². The minimum absolute atomic E-state index is 0.0131. The summed E-state index contributed by atoms with van der Waals surface area (Å²) in [5.74, 6) is -0.0788. The molecule has 1 unspecified atom stereocenters. The summed E-state index contributed by atoms with van der Waals surface area (Å²) in [6, 6.07) is 5.71. The fraction of sp³-hybridized carbons (Fsp3) is 0.514. The second-order valence-electron chi connectivity index (χ2n) is 13.7. The van der Waals surface area contributed by atoms with Gasteiger partial charge in [0.1, 0.15) is 11.9 Å². The molecule has 2 aromatic rings. The molecule has 4 rings (SSSR count). The number of esters is 1. The second-order valence-corrected chi connectivity index (χ2v) is 13.7. The van der Waals surface area contributed by atoms with Crippen LogP contribution in [0.1, 0.15) is 82.2 Å². The predicted octanol–water partition coefficient (Wildman–Crippen LogP) is 8.24. The van der Waals surface area contributed by atoms with Gasteiger partial charge in [0.15, 0.2) is 11.9 Å². The lowest BCUT2D eigenvalue weighted by Gasteiger charge is -2.36. The maximum absolute atomic E-state index is 13.6. The van der Waals surface area contributed by atoms with Gasteiger partial charge in [0.2, 0.25) is 0 Å². The molecular formula is C35H40F6N2O6. The Bertz CT molecular complexity index is 1600. The zero-order valence-corrected chi connectivity index (χ0v) is 28.3. The molecule has 2 aliphatic rings. The molecule has 1 saturated heterocycles. The Morgan fingerprint density at radius 1 is 1.08 bits per heavy atom. The Balaban J connectivity index is 1.73. The normalized spacial score (nSPS) is 20.8. The van der Waals surface area contributed by atoms with Gasteiger partial charge >= 0.3 is 24.4 Å². The van der Waals surface area contributed by atoms with E-state index < -0.39 is 58.9 Å². The number of nitrogens with zero attached hydrogens (tertiary/aromatic N) is 2. The lowest BCUT2D eigenvalue weighted by molar-refractivity contribution is -0.157. The molecule has 14 heteroatoms. The number of benzene rings is 2. The summed E-state index contributed by atoms with van der Waals surface area (Å²) < 4.78 is 98.1. The SMILES string of the molecule is COc1ccc(N(C)CC(C)(C=O)OC(C)=O)cc1C1=C(CN2C(=O)O[C@H](c3cc(C(F)(F)F)cc(C(F)(F)F)c3)[C@@H]2C)CC(C)(C)CC1. The monoisotopic (exact) mass is 698 g/mol. The van der Waals surface area contributed by atoms with E-state index in [9.17, 15) is 40.7 Å². The van der Waals surface area contributed by atoms with Crippen LogP contribution in [0.15, 0.2) is 42.0 Å². The highest BCUT2D eigenvalue weighted by Crippen LogP contribution is 2.47. The molecule has 0 saturated carbocycles. The molecule has 0 bridgehead atoms. The average molecular weight is 699 g/mol. The molecule has 0 N–H and O–H groups in total. The molecule has 3 atom stereocenters. The molecule has 2 aromatic carbocycles. The Hall–Kier alpha value is -4.23. The summed E-state index contributed by atoms with van der Waals surface area (Å²) >= 11 is 0. The highest BCUT2D eigenvalue weighted by atomic mass is 19.4. The van der Waals surface area contributed by atoms with Gasteiger partial charge in [0.05, 0.1) is 30.8 Å². The van der Waals surface area contributed by atoms with Crippen LogP contribution in [0.5, 0.6) is 5.75 Å². The van der Waals surface area contributed by atoms with Crippen molar-refractivity contribution < 1.29 is 54.9 Å². The Morgan fingerprint density at radius 3 is 2.22 bits per heavy atom. The van der Waals surface area contributed by atoms with Gasteiger partial charge in [-0.15, -0.1) is 0 Å². The van der Waals surface area contributed by atoms with Gasteiger partial charge in [-0.2, -0.15) is 26.3 Å².